The number of hydrogen-bond acceptors (Lipinski definition) is 4. The molecule has 17 heavy (non-hydrogen) atoms. The molecule has 0 spiro atoms. The van der Waals surface area contributed by atoms with Crippen molar-refractivity contribution < 1.29 is 14.7 Å². The summed E-state index contributed by atoms with van der Waals surface area (Å²) >= 11 is 0. The molecule has 0 radical (unpaired) electrons. The first kappa shape index (κ1) is 11.6. The Morgan fingerprint density at radius 3 is 2.59 bits per heavy atom. The zero-order valence-corrected chi connectivity index (χ0v) is 9.43. The van der Waals surface area contributed by atoms with Crippen LogP contribution in [0.2, 0.25) is 0 Å². The maximum absolute atomic E-state index is 11.5. The van der Waals surface area contributed by atoms with Crippen LogP contribution in [0, 0.1) is 0 Å². The molecule has 1 aliphatic rings. The summed E-state index contributed by atoms with van der Waals surface area (Å²) in [5, 5.41) is 8.76. The summed E-state index contributed by atoms with van der Waals surface area (Å²) in [6.07, 6.45) is 4.86. The molecule has 1 aromatic heterocycles. The van der Waals surface area contributed by atoms with Crippen LogP contribution < -0.4 is 4.90 Å². The number of anilines is 1. The zero-order chi connectivity index (χ0) is 12.3. The number of carbonyl (C=O) groups excluding carboxylic acids is 1. The maximum Gasteiger partial charge on any atom is 0.377 e. The van der Waals surface area contributed by atoms with E-state index in [-0.39, 0.29) is 5.56 Å². The Balaban J connectivity index is 2.32. The van der Waals surface area contributed by atoms with Crippen molar-refractivity contribution in [1.29, 1.82) is 0 Å². The van der Waals surface area contributed by atoms with Gasteiger partial charge in [-0.3, -0.25) is 4.79 Å². The van der Waals surface area contributed by atoms with Gasteiger partial charge in [0, 0.05) is 19.3 Å². The first-order valence-corrected chi connectivity index (χ1v) is 5.68. The minimum absolute atomic E-state index is 0.182. The summed E-state index contributed by atoms with van der Waals surface area (Å²) < 4.78 is 0. The number of ketones is 1. The van der Waals surface area contributed by atoms with Crippen molar-refractivity contribution in [2.75, 3.05) is 18.0 Å². The Hall–Kier alpha value is -1.91. The van der Waals surface area contributed by atoms with E-state index in [9.17, 15) is 9.59 Å². The van der Waals surface area contributed by atoms with Crippen LogP contribution in [0.3, 0.4) is 0 Å². The molecule has 1 aliphatic heterocycles. The van der Waals surface area contributed by atoms with Crippen molar-refractivity contribution >= 4 is 17.6 Å². The van der Waals surface area contributed by atoms with Crippen LogP contribution in [0.25, 0.3) is 0 Å². The third-order valence-electron chi connectivity index (χ3n) is 2.88. The van der Waals surface area contributed by atoms with Crippen LogP contribution in [0.5, 0.6) is 0 Å². The van der Waals surface area contributed by atoms with Gasteiger partial charge in [-0.1, -0.05) is 0 Å². The topological polar surface area (TPSA) is 70.5 Å². The number of nitrogens with zero attached hydrogens (tertiary/aromatic N) is 2. The fourth-order valence-electron chi connectivity index (χ4n) is 2.05. The van der Waals surface area contributed by atoms with Gasteiger partial charge in [-0.25, -0.2) is 9.78 Å². The van der Waals surface area contributed by atoms with Gasteiger partial charge in [-0.05, 0) is 31.4 Å². The second-order valence-corrected chi connectivity index (χ2v) is 4.06. The third-order valence-corrected chi connectivity index (χ3v) is 2.88. The lowest BCUT2D eigenvalue weighted by Crippen LogP contribution is -2.32. The van der Waals surface area contributed by atoms with E-state index in [4.69, 9.17) is 5.11 Å². The van der Waals surface area contributed by atoms with Crippen molar-refractivity contribution in [2.45, 2.75) is 19.3 Å². The molecule has 90 valence electrons. The number of aromatic nitrogens is 1. The van der Waals surface area contributed by atoms with Crippen LogP contribution >= 0.6 is 0 Å². The number of carboxylic acid groups (broad SMARTS) is 1. The average Bonchev–Trinajstić information content (AvgIpc) is 2.39. The van der Waals surface area contributed by atoms with Gasteiger partial charge in [-0.2, -0.15) is 0 Å². The van der Waals surface area contributed by atoms with Crippen molar-refractivity contribution in [2.24, 2.45) is 0 Å². The molecule has 1 aromatic rings. The SMILES string of the molecule is O=C(O)C(=O)c1cccnc1N1CCCCC1. The van der Waals surface area contributed by atoms with Gasteiger partial charge in [0.2, 0.25) is 0 Å². The molecule has 2 rings (SSSR count). The highest BCUT2D eigenvalue weighted by Crippen LogP contribution is 2.21. The molecular weight excluding hydrogens is 220 g/mol. The average molecular weight is 234 g/mol. The standard InChI is InChI=1S/C12H14N2O3/c15-10(12(16)17)9-5-4-6-13-11(9)14-7-2-1-3-8-14/h4-6H,1-3,7-8H2,(H,16,17). The highest BCUT2D eigenvalue weighted by atomic mass is 16.4. The van der Waals surface area contributed by atoms with Crippen LogP contribution in [0.1, 0.15) is 29.6 Å². The monoisotopic (exact) mass is 234 g/mol. The second-order valence-electron chi connectivity index (χ2n) is 4.06. The molecule has 0 bridgehead atoms. The van der Waals surface area contributed by atoms with Crippen molar-refractivity contribution in [1.82, 2.24) is 4.98 Å². The number of piperidine rings is 1. The smallest absolute Gasteiger partial charge is 0.377 e. The number of pyridine rings is 1. The molecule has 0 aromatic carbocycles. The lowest BCUT2D eigenvalue weighted by atomic mass is 10.1. The zero-order valence-electron chi connectivity index (χ0n) is 9.43. The third kappa shape index (κ3) is 2.43. The fraction of sp³-hybridized carbons (Fsp3) is 0.417. The van der Waals surface area contributed by atoms with E-state index < -0.39 is 11.8 Å². The largest absolute Gasteiger partial charge is 0.475 e. The maximum atomic E-state index is 11.5. The summed E-state index contributed by atoms with van der Waals surface area (Å²) in [5.41, 5.74) is 0.182. The quantitative estimate of drug-likeness (QED) is 0.631. The van der Waals surface area contributed by atoms with Crippen molar-refractivity contribution in [3.63, 3.8) is 0 Å². The Bertz CT molecular complexity index is 439. The van der Waals surface area contributed by atoms with Crippen molar-refractivity contribution in [3.8, 4) is 0 Å². The van der Waals surface area contributed by atoms with E-state index in [0.29, 0.717) is 5.82 Å². The van der Waals surface area contributed by atoms with E-state index in [1.807, 2.05) is 4.90 Å². The van der Waals surface area contributed by atoms with Gasteiger partial charge in [-0.15, -0.1) is 0 Å². The van der Waals surface area contributed by atoms with Gasteiger partial charge in [0.25, 0.3) is 5.78 Å². The Morgan fingerprint density at radius 1 is 1.24 bits per heavy atom. The molecule has 1 saturated heterocycles. The minimum Gasteiger partial charge on any atom is -0.475 e. The lowest BCUT2D eigenvalue weighted by molar-refractivity contribution is -0.131. The number of hydrogen-bond donors (Lipinski definition) is 1. The predicted octanol–water partition coefficient (Wildman–Crippen LogP) is 1.34. The highest BCUT2D eigenvalue weighted by Gasteiger charge is 2.23. The van der Waals surface area contributed by atoms with Crippen molar-refractivity contribution in [3.05, 3.63) is 23.9 Å². The number of rotatable bonds is 3. The Labute approximate surface area is 99.1 Å². The minimum atomic E-state index is -1.43. The van der Waals surface area contributed by atoms with Crippen LogP contribution in [0.15, 0.2) is 18.3 Å². The van der Waals surface area contributed by atoms with E-state index in [1.54, 1.807) is 12.3 Å². The van der Waals surface area contributed by atoms with Crippen LogP contribution in [-0.2, 0) is 4.79 Å². The van der Waals surface area contributed by atoms with E-state index in [0.717, 1.165) is 25.9 Å². The molecule has 1 fully saturated rings. The molecule has 5 heteroatoms. The van der Waals surface area contributed by atoms with Gasteiger partial charge in [0.15, 0.2) is 0 Å². The summed E-state index contributed by atoms with van der Waals surface area (Å²) in [6, 6.07) is 3.11. The first-order valence-electron chi connectivity index (χ1n) is 5.68. The van der Waals surface area contributed by atoms with E-state index >= 15 is 0 Å². The summed E-state index contributed by atoms with van der Waals surface area (Å²) in [5.74, 6) is -1.82. The summed E-state index contributed by atoms with van der Waals surface area (Å²) in [4.78, 5) is 28.4. The molecule has 0 atom stereocenters. The summed E-state index contributed by atoms with van der Waals surface area (Å²) in [6.45, 7) is 1.66. The predicted molar refractivity (Wildman–Crippen MR) is 62.3 cm³/mol. The lowest BCUT2D eigenvalue weighted by Gasteiger charge is -2.28. The van der Waals surface area contributed by atoms with Gasteiger partial charge >= 0.3 is 5.97 Å². The number of aliphatic carboxylic acids is 1. The Morgan fingerprint density at radius 2 is 1.94 bits per heavy atom. The number of carbonyl (C=O) groups is 2. The number of Topliss-reactive ketones (excluding diaryl/α,β-unsaturated/α-hetero) is 1. The molecule has 0 amide bonds. The molecule has 0 aliphatic carbocycles. The molecule has 2 heterocycles. The second kappa shape index (κ2) is 4.95. The van der Waals surface area contributed by atoms with Crippen LogP contribution in [-0.4, -0.2) is 34.9 Å². The van der Waals surface area contributed by atoms with Gasteiger partial charge in [0.1, 0.15) is 5.82 Å². The molecule has 0 unspecified atom stereocenters. The Kier molecular flexibility index (Phi) is 3.37. The van der Waals surface area contributed by atoms with Crippen LogP contribution in [0.4, 0.5) is 5.82 Å². The van der Waals surface area contributed by atoms with E-state index in [1.165, 1.54) is 12.5 Å². The number of carboxylic acids is 1. The fourth-order valence-corrected chi connectivity index (χ4v) is 2.05. The van der Waals surface area contributed by atoms with E-state index in [2.05, 4.69) is 4.98 Å². The molecular formula is C12H14N2O3. The molecule has 1 N–H and O–H groups in total. The first-order chi connectivity index (χ1) is 8.20. The van der Waals surface area contributed by atoms with Gasteiger partial charge < -0.3 is 10.0 Å². The molecule has 5 nitrogen and oxygen atoms in total. The molecule has 0 saturated carbocycles. The highest BCUT2D eigenvalue weighted by molar-refractivity contribution is 6.41. The van der Waals surface area contributed by atoms with Gasteiger partial charge in [0.05, 0.1) is 5.56 Å². The normalized spacial score (nSPS) is 15.6. The summed E-state index contributed by atoms with van der Waals surface area (Å²) in [7, 11) is 0.